The van der Waals surface area contributed by atoms with E-state index in [0.29, 0.717) is 63.2 Å². The molecule has 8 rings (SSSR count). The average molecular weight is 851 g/mol. The molecule has 0 unspecified atom stereocenters. The van der Waals surface area contributed by atoms with Crippen LogP contribution in [-0.4, -0.2) is 65.7 Å². The van der Waals surface area contributed by atoms with Crippen LogP contribution in [0.2, 0.25) is 0 Å². The molecule has 0 aromatic heterocycles. The van der Waals surface area contributed by atoms with Gasteiger partial charge in [-0.15, -0.1) is 0 Å². The summed E-state index contributed by atoms with van der Waals surface area (Å²) in [5, 5.41) is 18.7. The standard InChI is InChI=1S/C51H58N6O6/c52-44-15-9-10-16-45(44)55-48(60)18-6-2-5-17-47(59)53-32-40-11-7-8-14-43(40)37-23-25-39(26-24-37)49-62-42(31-46(63-49)38-21-19-36(34-58)20-22-38)33-56-29-27-51(28-30-56)50(61)54-35-57(51)41-12-3-1-4-13-41/h1,3-4,7-16,19-26,42,46,49,58H,2,5-6,17-18,27-35,52H2,(H,53,59)(H,54,61)(H,55,60)/t42-,46+,49+/m0/s1. The fourth-order valence-electron chi connectivity index (χ4n) is 9.09. The first-order chi connectivity index (χ1) is 30.8. The predicted octanol–water partition coefficient (Wildman–Crippen LogP) is 7.61. The molecule has 3 atom stereocenters. The van der Waals surface area contributed by atoms with E-state index in [0.717, 1.165) is 71.4 Å². The quantitative estimate of drug-likeness (QED) is 0.0498. The van der Waals surface area contributed by atoms with Crippen LogP contribution in [0.15, 0.2) is 127 Å². The van der Waals surface area contributed by atoms with Gasteiger partial charge in [0, 0.05) is 56.7 Å². The third kappa shape index (κ3) is 10.6. The molecule has 3 amide bonds. The van der Waals surface area contributed by atoms with E-state index in [4.69, 9.17) is 15.2 Å². The van der Waals surface area contributed by atoms with Crippen molar-refractivity contribution in [3.8, 4) is 11.1 Å². The highest BCUT2D eigenvalue weighted by atomic mass is 16.7. The molecule has 3 fully saturated rings. The smallest absolute Gasteiger partial charge is 0.247 e. The van der Waals surface area contributed by atoms with Gasteiger partial charge in [-0.05, 0) is 77.8 Å². The Hall–Kier alpha value is -6.05. The number of nitrogens with two attached hydrogens (primary N) is 1. The van der Waals surface area contributed by atoms with Crippen molar-refractivity contribution in [3.63, 3.8) is 0 Å². The number of unbranched alkanes of at least 4 members (excludes halogenated alkanes) is 2. The monoisotopic (exact) mass is 850 g/mol. The summed E-state index contributed by atoms with van der Waals surface area (Å²) < 4.78 is 13.4. The second-order valence-corrected chi connectivity index (χ2v) is 16.9. The van der Waals surface area contributed by atoms with Crippen molar-refractivity contribution < 1.29 is 29.0 Å². The number of likely N-dealkylation sites (tertiary alicyclic amines) is 1. The predicted molar refractivity (Wildman–Crippen MR) is 245 cm³/mol. The van der Waals surface area contributed by atoms with Gasteiger partial charge in [-0.2, -0.15) is 0 Å². The zero-order valence-electron chi connectivity index (χ0n) is 35.7. The first-order valence-corrected chi connectivity index (χ1v) is 22.2. The number of amides is 3. The number of carbonyl (C=O) groups excluding carboxylic acids is 3. The van der Waals surface area contributed by atoms with Gasteiger partial charge in [0.05, 0.1) is 36.9 Å². The number of nitrogen functional groups attached to an aromatic ring is 1. The zero-order chi connectivity index (χ0) is 43.6. The molecule has 3 saturated heterocycles. The van der Waals surface area contributed by atoms with E-state index in [1.54, 1.807) is 12.1 Å². The molecule has 0 aliphatic carbocycles. The van der Waals surface area contributed by atoms with Gasteiger partial charge < -0.3 is 46.1 Å². The molecule has 1 spiro atoms. The lowest BCUT2D eigenvalue weighted by molar-refractivity contribution is -0.253. The summed E-state index contributed by atoms with van der Waals surface area (Å²) >= 11 is 0. The Balaban J connectivity index is 0.870. The van der Waals surface area contributed by atoms with Crippen LogP contribution in [-0.2, 0) is 37.0 Å². The highest BCUT2D eigenvalue weighted by Gasteiger charge is 2.50. The van der Waals surface area contributed by atoms with E-state index in [1.807, 2.05) is 72.8 Å². The molecule has 5 aromatic rings. The highest BCUT2D eigenvalue weighted by Crippen LogP contribution is 2.41. The van der Waals surface area contributed by atoms with Crippen molar-refractivity contribution in [2.45, 2.75) is 88.6 Å². The van der Waals surface area contributed by atoms with Crippen LogP contribution in [0.4, 0.5) is 17.1 Å². The molecule has 6 N–H and O–H groups in total. The molecule has 5 aromatic carbocycles. The number of aliphatic hydroxyl groups excluding tert-OH is 1. The van der Waals surface area contributed by atoms with Gasteiger partial charge in [0.25, 0.3) is 0 Å². The van der Waals surface area contributed by atoms with Crippen LogP contribution in [0.25, 0.3) is 11.1 Å². The molecule has 3 aliphatic heterocycles. The summed E-state index contributed by atoms with van der Waals surface area (Å²) in [4.78, 5) is 43.2. The largest absolute Gasteiger partial charge is 0.397 e. The Morgan fingerprint density at radius 2 is 1.46 bits per heavy atom. The van der Waals surface area contributed by atoms with Gasteiger partial charge in [-0.25, -0.2) is 0 Å². The fourth-order valence-corrected chi connectivity index (χ4v) is 9.09. The highest BCUT2D eigenvalue weighted by molar-refractivity contribution is 5.94. The van der Waals surface area contributed by atoms with Gasteiger partial charge >= 0.3 is 0 Å². The van der Waals surface area contributed by atoms with E-state index in [2.05, 4.69) is 68.2 Å². The number of carbonyl (C=O) groups is 3. The number of benzene rings is 5. The molecular weight excluding hydrogens is 793 g/mol. The third-order valence-electron chi connectivity index (χ3n) is 12.7. The van der Waals surface area contributed by atoms with Crippen molar-refractivity contribution in [2.75, 3.05) is 42.3 Å². The minimum absolute atomic E-state index is 0.0201. The summed E-state index contributed by atoms with van der Waals surface area (Å²) in [6.45, 7) is 3.17. The van der Waals surface area contributed by atoms with Crippen LogP contribution < -0.4 is 26.6 Å². The number of para-hydroxylation sites is 3. The van der Waals surface area contributed by atoms with E-state index < -0.39 is 11.8 Å². The molecule has 63 heavy (non-hydrogen) atoms. The number of nitrogens with one attached hydrogen (secondary N) is 3. The maximum atomic E-state index is 13.3. The summed E-state index contributed by atoms with van der Waals surface area (Å²) in [6, 6.07) is 41.7. The number of ether oxygens (including phenoxy) is 2. The Labute approximate surface area is 369 Å². The number of piperidine rings is 1. The average Bonchev–Trinajstić information content (AvgIpc) is 3.64. The van der Waals surface area contributed by atoms with Crippen molar-refractivity contribution in [2.24, 2.45) is 0 Å². The Morgan fingerprint density at radius 3 is 2.21 bits per heavy atom. The molecule has 12 nitrogen and oxygen atoms in total. The molecule has 12 heteroatoms. The molecule has 328 valence electrons. The number of nitrogens with zero attached hydrogens (tertiary/aromatic N) is 2. The van der Waals surface area contributed by atoms with E-state index >= 15 is 0 Å². The van der Waals surface area contributed by atoms with E-state index in [9.17, 15) is 19.5 Å². The molecular formula is C51H58N6O6. The van der Waals surface area contributed by atoms with Gasteiger partial charge in [-0.1, -0.05) is 110 Å². The SMILES string of the molecule is Nc1ccccc1NC(=O)CCCCCC(=O)NCc1ccccc1-c1ccc([C@@H]2O[C@H](CN3CCC4(CC3)C(=O)NCN4c3ccccc3)C[C@H](c3ccc(CO)cc3)O2)cc1. The second-order valence-electron chi connectivity index (χ2n) is 16.9. The molecule has 0 radical (unpaired) electrons. The molecule has 3 heterocycles. The Bertz CT molecular complexity index is 2320. The van der Waals surface area contributed by atoms with Gasteiger partial charge in [0.2, 0.25) is 17.7 Å². The molecule has 0 bridgehead atoms. The van der Waals surface area contributed by atoms with E-state index in [1.165, 1.54) is 0 Å². The summed E-state index contributed by atoms with van der Waals surface area (Å²) in [7, 11) is 0. The Kier molecular flexibility index (Phi) is 14.1. The van der Waals surface area contributed by atoms with Crippen molar-refractivity contribution >= 4 is 34.8 Å². The topological polar surface area (TPSA) is 158 Å². The minimum atomic E-state index is -0.600. The fraction of sp³-hybridized carbons (Fsp3) is 0.353. The lowest BCUT2D eigenvalue weighted by atomic mass is 9.85. The number of rotatable bonds is 16. The minimum Gasteiger partial charge on any atom is -0.397 e. The van der Waals surface area contributed by atoms with Crippen LogP contribution in [0, 0.1) is 0 Å². The number of hydrogen-bond donors (Lipinski definition) is 5. The van der Waals surface area contributed by atoms with Gasteiger partial charge in [0.15, 0.2) is 6.29 Å². The van der Waals surface area contributed by atoms with Crippen LogP contribution in [0.5, 0.6) is 0 Å². The third-order valence-corrected chi connectivity index (χ3v) is 12.7. The van der Waals surface area contributed by atoms with Gasteiger partial charge in [0.1, 0.15) is 5.54 Å². The van der Waals surface area contributed by atoms with E-state index in [-0.39, 0.29) is 36.5 Å². The van der Waals surface area contributed by atoms with Crippen LogP contribution in [0.1, 0.15) is 86.0 Å². The lowest BCUT2D eigenvalue weighted by Gasteiger charge is -2.45. The molecule has 3 aliphatic rings. The van der Waals surface area contributed by atoms with Crippen LogP contribution in [0.3, 0.4) is 0 Å². The van der Waals surface area contributed by atoms with Crippen molar-refractivity contribution in [3.05, 3.63) is 150 Å². The summed E-state index contributed by atoms with van der Waals surface area (Å²) in [5.41, 5.74) is 13.4. The first kappa shape index (κ1) is 43.6. The van der Waals surface area contributed by atoms with Crippen LogP contribution >= 0.6 is 0 Å². The van der Waals surface area contributed by atoms with Gasteiger partial charge in [-0.3, -0.25) is 14.4 Å². The van der Waals surface area contributed by atoms with Crippen molar-refractivity contribution in [1.29, 1.82) is 0 Å². The van der Waals surface area contributed by atoms with Crippen molar-refractivity contribution in [1.82, 2.24) is 15.5 Å². The number of aliphatic hydroxyl groups is 1. The number of hydrogen-bond acceptors (Lipinski definition) is 9. The maximum Gasteiger partial charge on any atom is 0.247 e. The lowest BCUT2D eigenvalue weighted by Crippen LogP contribution is -2.57. The Morgan fingerprint density at radius 1 is 0.778 bits per heavy atom. The second kappa shape index (κ2) is 20.4. The summed E-state index contributed by atoms with van der Waals surface area (Å²) in [6.07, 6.45) is 4.12. The molecule has 0 saturated carbocycles. The number of anilines is 3. The normalized spacial score (nSPS) is 19.7. The zero-order valence-corrected chi connectivity index (χ0v) is 35.7. The maximum absolute atomic E-state index is 13.3. The first-order valence-electron chi connectivity index (χ1n) is 22.2. The summed E-state index contributed by atoms with van der Waals surface area (Å²) in [5.74, 6) is -0.00175.